The summed E-state index contributed by atoms with van der Waals surface area (Å²) in [6.45, 7) is 11.3. The van der Waals surface area contributed by atoms with E-state index in [1.165, 1.54) is 5.56 Å². The number of hydrogen-bond donors (Lipinski definition) is 0. The molecule has 2 saturated heterocycles. The molecular weight excluding hydrogens is 342 g/mol. The summed E-state index contributed by atoms with van der Waals surface area (Å²) < 4.78 is 5.48. The molecule has 2 amide bonds. The molecule has 3 rings (SSSR count). The number of carbonyl (C=O) groups is 2. The van der Waals surface area contributed by atoms with E-state index >= 15 is 0 Å². The molecule has 2 heterocycles. The summed E-state index contributed by atoms with van der Waals surface area (Å²) in [6.07, 6.45) is 0.364. The predicted octanol–water partition coefficient (Wildman–Crippen LogP) is 1.99. The normalized spacial score (nSPS) is 21.2. The molecule has 1 atom stereocenters. The van der Waals surface area contributed by atoms with Crippen LogP contribution in [0.25, 0.3) is 0 Å². The number of likely N-dealkylation sites (tertiary alicyclic amines) is 1. The van der Waals surface area contributed by atoms with Gasteiger partial charge in [-0.3, -0.25) is 14.5 Å². The fourth-order valence-corrected chi connectivity index (χ4v) is 3.90. The average molecular weight is 373 g/mol. The molecule has 1 aromatic rings. The number of ether oxygens (including phenoxy) is 1. The van der Waals surface area contributed by atoms with E-state index in [1.54, 1.807) is 0 Å². The Labute approximate surface area is 162 Å². The minimum Gasteiger partial charge on any atom is -0.494 e. The van der Waals surface area contributed by atoms with Gasteiger partial charge in [-0.25, -0.2) is 0 Å². The molecule has 148 valence electrons. The van der Waals surface area contributed by atoms with Crippen LogP contribution in [0.3, 0.4) is 0 Å². The fourth-order valence-electron chi connectivity index (χ4n) is 3.90. The zero-order valence-corrected chi connectivity index (χ0v) is 16.7. The van der Waals surface area contributed by atoms with E-state index in [9.17, 15) is 9.59 Å². The highest BCUT2D eigenvalue weighted by Gasteiger charge is 2.38. The van der Waals surface area contributed by atoms with E-state index in [1.807, 2.05) is 42.7 Å². The Bertz CT molecular complexity index is 651. The lowest BCUT2D eigenvalue weighted by atomic mass is 10.1. The Morgan fingerprint density at radius 3 is 2.37 bits per heavy atom. The van der Waals surface area contributed by atoms with Crippen LogP contribution in [-0.4, -0.2) is 71.9 Å². The van der Waals surface area contributed by atoms with Crippen molar-refractivity contribution in [1.82, 2.24) is 14.7 Å². The van der Waals surface area contributed by atoms with Gasteiger partial charge >= 0.3 is 0 Å². The van der Waals surface area contributed by atoms with Gasteiger partial charge in [0.15, 0.2) is 0 Å². The van der Waals surface area contributed by atoms with Crippen molar-refractivity contribution < 1.29 is 14.3 Å². The molecule has 0 aliphatic carbocycles. The Balaban J connectivity index is 1.47. The van der Waals surface area contributed by atoms with E-state index in [0.717, 1.165) is 38.5 Å². The molecule has 0 spiro atoms. The highest BCUT2D eigenvalue weighted by Crippen LogP contribution is 2.23. The summed E-state index contributed by atoms with van der Waals surface area (Å²) >= 11 is 0. The minimum atomic E-state index is -0.169. The first kappa shape index (κ1) is 19.7. The van der Waals surface area contributed by atoms with E-state index in [4.69, 9.17) is 4.74 Å². The van der Waals surface area contributed by atoms with Crippen molar-refractivity contribution in [2.45, 2.75) is 39.8 Å². The Morgan fingerprint density at radius 2 is 1.81 bits per heavy atom. The van der Waals surface area contributed by atoms with Gasteiger partial charge in [0.1, 0.15) is 5.75 Å². The maximum Gasteiger partial charge on any atom is 0.228 e. The molecule has 0 saturated carbocycles. The molecule has 2 aliphatic heterocycles. The highest BCUT2D eigenvalue weighted by molar-refractivity contribution is 5.89. The summed E-state index contributed by atoms with van der Waals surface area (Å²) in [5, 5.41) is 0. The van der Waals surface area contributed by atoms with Crippen LogP contribution in [0.2, 0.25) is 0 Å². The molecule has 1 unspecified atom stereocenters. The SMILES string of the molecule is CCOc1ccc(CN2CCN(C(=O)C3CC(=O)N(C(C)C)C3)CC2)cc1. The standard InChI is InChI=1S/C21H31N3O3/c1-4-27-19-7-5-17(6-8-19)14-22-9-11-23(12-10-22)21(26)18-13-20(25)24(15-18)16(2)3/h5-8,16,18H,4,9-15H2,1-3H3. The summed E-state index contributed by atoms with van der Waals surface area (Å²) in [7, 11) is 0. The molecule has 27 heavy (non-hydrogen) atoms. The van der Waals surface area contributed by atoms with Crippen LogP contribution in [0.1, 0.15) is 32.8 Å². The van der Waals surface area contributed by atoms with Crippen molar-refractivity contribution in [3.05, 3.63) is 29.8 Å². The monoisotopic (exact) mass is 373 g/mol. The van der Waals surface area contributed by atoms with Crippen LogP contribution in [0, 0.1) is 5.92 Å². The third kappa shape index (κ3) is 4.80. The third-order valence-electron chi connectivity index (χ3n) is 5.46. The summed E-state index contributed by atoms with van der Waals surface area (Å²) in [5.41, 5.74) is 1.26. The quantitative estimate of drug-likeness (QED) is 0.765. The van der Waals surface area contributed by atoms with Gasteiger partial charge in [0.2, 0.25) is 11.8 Å². The van der Waals surface area contributed by atoms with Gasteiger partial charge in [0, 0.05) is 51.7 Å². The maximum absolute atomic E-state index is 12.8. The summed E-state index contributed by atoms with van der Waals surface area (Å²) in [6, 6.07) is 8.40. The minimum absolute atomic E-state index is 0.109. The van der Waals surface area contributed by atoms with Gasteiger partial charge in [0.05, 0.1) is 12.5 Å². The predicted molar refractivity (Wildman–Crippen MR) is 104 cm³/mol. The van der Waals surface area contributed by atoms with Crippen LogP contribution < -0.4 is 4.74 Å². The zero-order chi connectivity index (χ0) is 19.4. The van der Waals surface area contributed by atoms with Crippen LogP contribution in [0.15, 0.2) is 24.3 Å². The van der Waals surface area contributed by atoms with Gasteiger partial charge in [-0.05, 0) is 38.5 Å². The van der Waals surface area contributed by atoms with Gasteiger partial charge in [-0.1, -0.05) is 12.1 Å². The number of carbonyl (C=O) groups excluding carboxylic acids is 2. The first-order valence-electron chi connectivity index (χ1n) is 10.00. The zero-order valence-electron chi connectivity index (χ0n) is 16.7. The molecule has 2 aliphatic rings. The molecule has 0 N–H and O–H groups in total. The number of hydrogen-bond acceptors (Lipinski definition) is 4. The van der Waals surface area contributed by atoms with Gasteiger partial charge < -0.3 is 14.5 Å². The van der Waals surface area contributed by atoms with Crippen molar-refractivity contribution in [3.8, 4) is 5.75 Å². The summed E-state index contributed by atoms with van der Waals surface area (Å²) in [4.78, 5) is 31.0. The smallest absolute Gasteiger partial charge is 0.228 e. The second-order valence-corrected chi connectivity index (χ2v) is 7.72. The lowest BCUT2D eigenvalue weighted by molar-refractivity contribution is -0.137. The van der Waals surface area contributed by atoms with Crippen molar-refractivity contribution in [2.24, 2.45) is 5.92 Å². The molecule has 6 heteroatoms. The van der Waals surface area contributed by atoms with Crippen LogP contribution in [0.5, 0.6) is 5.75 Å². The van der Waals surface area contributed by atoms with Crippen LogP contribution in [0.4, 0.5) is 0 Å². The van der Waals surface area contributed by atoms with E-state index in [2.05, 4.69) is 17.0 Å². The Kier molecular flexibility index (Phi) is 6.37. The first-order chi connectivity index (χ1) is 13.0. The molecule has 0 radical (unpaired) electrons. The second-order valence-electron chi connectivity index (χ2n) is 7.72. The second kappa shape index (κ2) is 8.74. The van der Waals surface area contributed by atoms with Crippen molar-refractivity contribution in [2.75, 3.05) is 39.3 Å². The maximum atomic E-state index is 12.8. The topological polar surface area (TPSA) is 53.1 Å². The first-order valence-corrected chi connectivity index (χ1v) is 10.00. The van der Waals surface area contributed by atoms with Crippen LogP contribution >= 0.6 is 0 Å². The highest BCUT2D eigenvalue weighted by atomic mass is 16.5. The number of piperazine rings is 1. The molecule has 0 bridgehead atoms. The van der Waals surface area contributed by atoms with Gasteiger partial charge in [-0.2, -0.15) is 0 Å². The summed E-state index contributed by atoms with van der Waals surface area (Å²) in [5.74, 6) is 0.987. The Morgan fingerprint density at radius 1 is 1.15 bits per heavy atom. The number of rotatable bonds is 6. The fraction of sp³-hybridized carbons (Fsp3) is 0.619. The van der Waals surface area contributed by atoms with E-state index in [-0.39, 0.29) is 23.8 Å². The largest absolute Gasteiger partial charge is 0.494 e. The molecule has 1 aromatic carbocycles. The van der Waals surface area contributed by atoms with E-state index < -0.39 is 0 Å². The average Bonchev–Trinajstić information content (AvgIpc) is 3.06. The van der Waals surface area contributed by atoms with Gasteiger partial charge in [0.25, 0.3) is 0 Å². The van der Waals surface area contributed by atoms with Crippen molar-refractivity contribution in [1.29, 1.82) is 0 Å². The lowest BCUT2D eigenvalue weighted by Gasteiger charge is -2.36. The lowest BCUT2D eigenvalue weighted by Crippen LogP contribution is -2.50. The molecular formula is C21H31N3O3. The van der Waals surface area contributed by atoms with Crippen molar-refractivity contribution >= 4 is 11.8 Å². The van der Waals surface area contributed by atoms with Gasteiger partial charge in [-0.15, -0.1) is 0 Å². The molecule has 2 fully saturated rings. The van der Waals surface area contributed by atoms with E-state index in [0.29, 0.717) is 19.6 Å². The Hall–Kier alpha value is -2.08. The third-order valence-corrected chi connectivity index (χ3v) is 5.46. The molecule has 0 aromatic heterocycles. The molecule has 6 nitrogen and oxygen atoms in total. The van der Waals surface area contributed by atoms with Crippen molar-refractivity contribution in [3.63, 3.8) is 0 Å². The number of nitrogens with zero attached hydrogens (tertiary/aromatic N) is 3. The van der Waals surface area contributed by atoms with Crippen LogP contribution in [-0.2, 0) is 16.1 Å². The number of benzene rings is 1. The number of amides is 2.